The molecule has 4 amide bonds. The van der Waals surface area contributed by atoms with Gasteiger partial charge in [-0.15, -0.1) is 0 Å². The van der Waals surface area contributed by atoms with Crippen LogP contribution in [0.3, 0.4) is 0 Å². The maximum absolute atomic E-state index is 14.5. The lowest BCUT2D eigenvalue weighted by molar-refractivity contribution is -0.144. The second kappa shape index (κ2) is 17.3. The smallest absolute Gasteiger partial charge is 0.322 e. The van der Waals surface area contributed by atoms with E-state index in [0.29, 0.717) is 23.1 Å². The molecule has 3 aromatic rings. The molecule has 54 heavy (non-hydrogen) atoms. The highest BCUT2D eigenvalue weighted by molar-refractivity contribution is 6.38. The number of amides is 4. The van der Waals surface area contributed by atoms with E-state index >= 15 is 0 Å². The van der Waals surface area contributed by atoms with Crippen LogP contribution in [0.15, 0.2) is 72.8 Å². The molecule has 5 atom stereocenters. The molecule has 0 bridgehead atoms. The second-order valence-electron chi connectivity index (χ2n) is 13.2. The number of carbonyl (C=O) groups excluding carboxylic acids is 6. The quantitative estimate of drug-likeness (QED) is 0.125. The van der Waals surface area contributed by atoms with E-state index in [9.17, 15) is 42.3 Å². The Kier molecular flexibility index (Phi) is 12.6. The van der Waals surface area contributed by atoms with Gasteiger partial charge in [-0.2, -0.15) is 0 Å². The van der Waals surface area contributed by atoms with Gasteiger partial charge in [-0.3, -0.25) is 33.6 Å². The number of carboxylic acid groups (broad SMARTS) is 1. The van der Waals surface area contributed by atoms with Crippen LogP contribution in [-0.2, 0) is 35.3 Å². The van der Waals surface area contributed by atoms with Gasteiger partial charge in [0.1, 0.15) is 24.7 Å². The number of carbonyl (C=O) groups is 7. The number of alkyl halides is 2. The number of likely N-dealkylation sites (tertiary alicyclic amines) is 1. The predicted molar refractivity (Wildman–Crippen MR) is 189 cm³/mol. The molecule has 1 heterocycles. The molecule has 0 spiro atoms. The fourth-order valence-corrected chi connectivity index (χ4v) is 6.62. The van der Waals surface area contributed by atoms with Gasteiger partial charge in [0.2, 0.25) is 24.0 Å². The van der Waals surface area contributed by atoms with Crippen molar-refractivity contribution in [3.05, 3.63) is 95.1 Å². The van der Waals surface area contributed by atoms with E-state index in [2.05, 4.69) is 10.6 Å². The molecule has 4 N–H and O–H groups in total. The highest BCUT2D eigenvalue weighted by atomic mass is 19.3. The third-order valence-electron chi connectivity index (χ3n) is 9.61. The monoisotopic (exact) mass is 746 g/mol. The van der Waals surface area contributed by atoms with Crippen LogP contribution in [0.2, 0.25) is 0 Å². The molecule has 13 nitrogen and oxygen atoms in total. The summed E-state index contributed by atoms with van der Waals surface area (Å²) < 4.78 is 33.2. The first-order valence-electron chi connectivity index (χ1n) is 17.5. The molecule has 1 aliphatic carbocycles. The van der Waals surface area contributed by atoms with Crippen LogP contribution in [0, 0.1) is 5.92 Å². The number of carboxylic acids is 1. The molecule has 1 fully saturated rings. The van der Waals surface area contributed by atoms with Crippen molar-refractivity contribution in [2.75, 3.05) is 13.1 Å². The molecule has 0 saturated carbocycles. The number of hydrogen-bond donors (Lipinski definition) is 4. The van der Waals surface area contributed by atoms with E-state index in [1.54, 1.807) is 67.7 Å². The Balaban J connectivity index is 1.41. The molecule has 5 rings (SSSR count). The minimum atomic E-state index is -3.14. The van der Waals surface area contributed by atoms with Gasteiger partial charge < -0.3 is 30.7 Å². The average molecular weight is 747 g/mol. The molecule has 2 aliphatic rings. The summed E-state index contributed by atoms with van der Waals surface area (Å²) in [6.07, 6.45) is -4.85. The zero-order valence-electron chi connectivity index (χ0n) is 29.6. The van der Waals surface area contributed by atoms with Gasteiger partial charge in [0.25, 0.3) is 11.8 Å². The summed E-state index contributed by atoms with van der Waals surface area (Å²) in [6.45, 7) is 2.53. The average Bonchev–Trinajstić information content (AvgIpc) is 3.73. The van der Waals surface area contributed by atoms with Crippen LogP contribution in [0.25, 0.3) is 11.1 Å². The van der Waals surface area contributed by atoms with E-state index < -0.39 is 84.9 Å². The summed E-state index contributed by atoms with van der Waals surface area (Å²) in [5.41, 5.74) is 2.75. The van der Waals surface area contributed by atoms with Crippen molar-refractivity contribution >= 4 is 41.2 Å². The third kappa shape index (κ3) is 8.85. The Morgan fingerprint density at radius 3 is 2.24 bits per heavy atom. The fourth-order valence-electron chi connectivity index (χ4n) is 6.62. The summed E-state index contributed by atoms with van der Waals surface area (Å²) in [5, 5.41) is 15.6. The molecule has 0 radical (unpaired) electrons. The standard InChI is InChI=1S/C39H40F2N4O9/c1-3-21(2)33(44-36(50)27-15-9-14-25-24-12-7-8-13-26(24)34(48)32(25)27)39(53)45-19-23(54-20-22-10-5-4-6-11-22)16-29(45)37(51)43-28(17-30(40)41)35(49)38(52)42-18-31(46)47/h4-15,21,23,28-30,33H,3,16-20H2,1-2H3,(H,42,52)(H,43,51)(H,44,50)(H,46,47)/t21-,23-,28+,29+,33+/m1/s1. The molecule has 0 aromatic heterocycles. The zero-order chi connectivity index (χ0) is 39.1. The van der Waals surface area contributed by atoms with E-state index in [1.165, 1.54) is 6.07 Å². The normalized spacial score (nSPS) is 17.6. The first-order valence-corrected chi connectivity index (χ1v) is 17.5. The van der Waals surface area contributed by atoms with Crippen molar-refractivity contribution in [3.63, 3.8) is 0 Å². The van der Waals surface area contributed by atoms with Crippen LogP contribution in [0.1, 0.15) is 65.0 Å². The summed E-state index contributed by atoms with van der Waals surface area (Å²) >= 11 is 0. The van der Waals surface area contributed by atoms with Crippen molar-refractivity contribution in [2.45, 2.75) is 70.4 Å². The molecular formula is C39H40F2N4O9. The molecule has 3 aromatic carbocycles. The topological polar surface area (TPSA) is 188 Å². The number of benzene rings is 3. The lowest BCUT2D eigenvalue weighted by Gasteiger charge is -2.32. The van der Waals surface area contributed by atoms with Gasteiger partial charge in [-0.25, -0.2) is 8.78 Å². The molecular weight excluding hydrogens is 706 g/mol. The van der Waals surface area contributed by atoms with E-state index in [1.807, 2.05) is 18.2 Å². The number of rotatable bonds is 16. The van der Waals surface area contributed by atoms with Gasteiger partial charge in [-0.05, 0) is 28.7 Å². The van der Waals surface area contributed by atoms with Crippen LogP contribution >= 0.6 is 0 Å². The van der Waals surface area contributed by atoms with Crippen molar-refractivity contribution in [3.8, 4) is 11.1 Å². The Bertz CT molecular complexity index is 1940. The number of nitrogens with zero attached hydrogens (tertiary/aromatic N) is 1. The van der Waals surface area contributed by atoms with E-state index in [0.717, 1.165) is 10.5 Å². The van der Waals surface area contributed by atoms with Crippen LogP contribution in [0.4, 0.5) is 8.78 Å². The summed E-state index contributed by atoms with van der Waals surface area (Å²) in [7, 11) is 0. The number of nitrogens with one attached hydrogen (secondary N) is 3. The van der Waals surface area contributed by atoms with E-state index in [-0.39, 0.29) is 36.5 Å². The van der Waals surface area contributed by atoms with Gasteiger partial charge in [-0.1, -0.05) is 87.0 Å². The van der Waals surface area contributed by atoms with Crippen LogP contribution in [-0.4, -0.2) is 94.9 Å². The third-order valence-corrected chi connectivity index (χ3v) is 9.61. The summed E-state index contributed by atoms with van der Waals surface area (Å²) in [4.78, 5) is 92.9. The minimum absolute atomic E-state index is 0.0594. The van der Waals surface area contributed by atoms with Crippen LogP contribution < -0.4 is 16.0 Å². The molecule has 1 aliphatic heterocycles. The van der Waals surface area contributed by atoms with Gasteiger partial charge in [0.15, 0.2) is 5.78 Å². The number of hydrogen-bond acceptors (Lipinski definition) is 8. The summed E-state index contributed by atoms with van der Waals surface area (Å²) in [5.74, 6) is -7.71. The predicted octanol–water partition coefficient (Wildman–Crippen LogP) is 3.14. The Morgan fingerprint density at radius 1 is 0.907 bits per heavy atom. The van der Waals surface area contributed by atoms with Gasteiger partial charge in [0, 0.05) is 30.5 Å². The van der Waals surface area contributed by atoms with Crippen LogP contribution in [0.5, 0.6) is 0 Å². The van der Waals surface area contributed by atoms with Crippen molar-refractivity contribution < 1.29 is 52.2 Å². The minimum Gasteiger partial charge on any atom is -0.480 e. The Hall–Kier alpha value is -5.83. The molecule has 0 unspecified atom stereocenters. The second-order valence-corrected chi connectivity index (χ2v) is 13.2. The first-order chi connectivity index (χ1) is 25.8. The number of Topliss-reactive ketones (excluding diaryl/α,β-unsaturated/α-hetero) is 1. The number of ether oxygens (including phenoxy) is 1. The van der Waals surface area contributed by atoms with Gasteiger partial charge in [0.05, 0.1) is 18.3 Å². The Morgan fingerprint density at radius 2 is 1.57 bits per heavy atom. The zero-order valence-corrected chi connectivity index (χ0v) is 29.6. The fraction of sp³-hybridized carbons (Fsp3) is 0.359. The lowest BCUT2D eigenvalue weighted by atomic mass is 9.95. The molecule has 15 heteroatoms. The maximum atomic E-state index is 14.5. The van der Waals surface area contributed by atoms with Crippen molar-refractivity contribution in [1.82, 2.24) is 20.9 Å². The largest absolute Gasteiger partial charge is 0.480 e. The van der Waals surface area contributed by atoms with Gasteiger partial charge >= 0.3 is 5.97 Å². The molecule has 284 valence electrons. The SMILES string of the molecule is CC[C@@H](C)[C@H](NC(=O)c1cccc2c1C(=O)c1ccccc1-2)C(=O)N1C[C@H](OCc2ccccc2)C[C@H]1C(=O)N[C@@H](CC(F)F)C(=O)C(=O)NCC(=O)O. The number of halogens is 2. The Labute approximate surface area is 309 Å². The van der Waals surface area contributed by atoms with Crippen molar-refractivity contribution in [2.24, 2.45) is 5.92 Å². The first kappa shape index (κ1) is 39.4. The van der Waals surface area contributed by atoms with E-state index in [4.69, 9.17) is 9.84 Å². The molecule has 1 saturated heterocycles. The summed E-state index contributed by atoms with van der Waals surface area (Å²) in [6, 6.07) is 16.2. The number of fused-ring (bicyclic) bond motifs is 3. The highest BCUT2D eigenvalue weighted by Gasteiger charge is 2.45. The maximum Gasteiger partial charge on any atom is 0.322 e. The lowest BCUT2D eigenvalue weighted by Crippen LogP contribution is -2.57. The highest BCUT2D eigenvalue weighted by Crippen LogP contribution is 2.38. The number of ketones is 2. The number of aliphatic carboxylic acids is 1. The van der Waals surface area contributed by atoms with Crippen molar-refractivity contribution in [1.29, 1.82) is 0 Å².